The molecule has 0 saturated carbocycles. The molecule has 1 fully saturated rings. The fourth-order valence-electron chi connectivity index (χ4n) is 1.58. The lowest BCUT2D eigenvalue weighted by atomic mass is 10.1. The molecular weight excluding hydrogens is 170 g/mol. The van der Waals surface area contributed by atoms with Gasteiger partial charge >= 0.3 is 5.97 Å². The summed E-state index contributed by atoms with van der Waals surface area (Å²) in [4.78, 5) is 12.7. The number of rotatable bonds is 3. The van der Waals surface area contributed by atoms with Gasteiger partial charge in [0.15, 0.2) is 6.10 Å². The molecule has 76 valence electrons. The van der Waals surface area contributed by atoms with Crippen LogP contribution in [0, 0.1) is 0 Å². The van der Waals surface area contributed by atoms with E-state index in [9.17, 15) is 4.79 Å². The topological polar surface area (TPSA) is 49.8 Å². The highest BCUT2D eigenvalue weighted by molar-refractivity contribution is 5.71. The number of carboxylic acid groups (broad SMARTS) is 1. The second-order valence-electron chi connectivity index (χ2n) is 3.64. The summed E-state index contributed by atoms with van der Waals surface area (Å²) in [6.45, 7) is 3.51. The summed E-state index contributed by atoms with van der Waals surface area (Å²) in [5.41, 5.74) is 0. The fraction of sp³-hybridized carbons (Fsp3) is 0.889. The maximum atomic E-state index is 10.5. The van der Waals surface area contributed by atoms with Gasteiger partial charge in [0.25, 0.3) is 0 Å². The summed E-state index contributed by atoms with van der Waals surface area (Å²) in [5, 5.41) is 8.64. The molecular formula is C9H17NO3. The third-order valence-electron chi connectivity index (χ3n) is 2.33. The summed E-state index contributed by atoms with van der Waals surface area (Å²) >= 11 is 0. The van der Waals surface area contributed by atoms with Gasteiger partial charge in [-0.2, -0.15) is 0 Å². The zero-order valence-corrected chi connectivity index (χ0v) is 8.19. The van der Waals surface area contributed by atoms with Gasteiger partial charge in [0, 0.05) is 6.54 Å². The minimum Gasteiger partial charge on any atom is -0.479 e. The summed E-state index contributed by atoms with van der Waals surface area (Å²) in [6.07, 6.45) is 1.47. The molecule has 13 heavy (non-hydrogen) atoms. The molecule has 0 aromatic heterocycles. The average Bonchev–Trinajstić information content (AvgIpc) is 2.04. The summed E-state index contributed by atoms with van der Waals surface area (Å²) in [5.74, 6) is -0.881. The van der Waals surface area contributed by atoms with Crippen LogP contribution in [0.1, 0.15) is 19.8 Å². The molecule has 0 aliphatic carbocycles. The summed E-state index contributed by atoms with van der Waals surface area (Å²) < 4.78 is 5.38. The lowest BCUT2D eigenvalue weighted by Crippen LogP contribution is -2.39. The van der Waals surface area contributed by atoms with E-state index >= 15 is 0 Å². The van der Waals surface area contributed by atoms with Gasteiger partial charge in [-0.25, -0.2) is 4.79 Å². The second kappa shape index (κ2) is 4.58. The van der Waals surface area contributed by atoms with Crippen molar-refractivity contribution in [3.05, 3.63) is 0 Å². The van der Waals surface area contributed by atoms with Crippen molar-refractivity contribution >= 4 is 5.97 Å². The predicted molar refractivity (Wildman–Crippen MR) is 48.7 cm³/mol. The Bertz CT molecular complexity index is 184. The van der Waals surface area contributed by atoms with E-state index in [-0.39, 0.29) is 6.10 Å². The smallest absolute Gasteiger partial charge is 0.332 e. The van der Waals surface area contributed by atoms with Crippen LogP contribution < -0.4 is 0 Å². The molecule has 1 heterocycles. The van der Waals surface area contributed by atoms with Gasteiger partial charge in [0.1, 0.15) is 0 Å². The highest BCUT2D eigenvalue weighted by Gasteiger charge is 2.22. The van der Waals surface area contributed by atoms with Crippen LogP contribution in [0.5, 0.6) is 0 Å². The van der Waals surface area contributed by atoms with Gasteiger partial charge in [-0.3, -0.25) is 0 Å². The van der Waals surface area contributed by atoms with Crippen molar-refractivity contribution in [3.8, 4) is 0 Å². The maximum Gasteiger partial charge on any atom is 0.332 e. The highest BCUT2D eigenvalue weighted by atomic mass is 16.5. The molecule has 1 aliphatic heterocycles. The molecule has 0 amide bonds. The number of hydrogen-bond donors (Lipinski definition) is 1. The molecule has 2 atom stereocenters. The van der Waals surface area contributed by atoms with Crippen molar-refractivity contribution in [2.75, 3.05) is 20.1 Å². The first kappa shape index (κ1) is 10.5. The van der Waals surface area contributed by atoms with E-state index in [1.54, 1.807) is 6.92 Å². The van der Waals surface area contributed by atoms with Crippen LogP contribution in [-0.2, 0) is 9.53 Å². The standard InChI is InChI=1S/C9H17NO3/c1-7(9(11)12)13-8-4-3-5-10(2)6-8/h7-8H,3-6H2,1-2H3,(H,11,12). The Morgan fingerprint density at radius 3 is 2.92 bits per heavy atom. The van der Waals surface area contributed by atoms with E-state index < -0.39 is 12.1 Å². The van der Waals surface area contributed by atoms with Crippen LogP contribution in [-0.4, -0.2) is 48.3 Å². The number of hydrogen-bond acceptors (Lipinski definition) is 3. The van der Waals surface area contributed by atoms with Gasteiger partial charge in [-0.15, -0.1) is 0 Å². The Morgan fingerprint density at radius 1 is 1.69 bits per heavy atom. The monoisotopic (exact) mass is 187 g/mol. The Labute approximate surface area is 78.5 Å². The Morgan fingerprint density at radius 2 is 2.38 bits per heavy atom. The molecule has 0 bridgehead atoms. The maximum absolute atomic E-state index is 10.5. The van der Waals surface area contributed by atoms with Crippen LogP contribution in [0.2, 0.25) is 0 Å². The SMILES string of the molecule is CC(OC1CCCN(C)C1)C(=O)O. The molecule has 1 N–H and O–H groups in total. The van der Waals surface area contributed by atoms with E-state index in [2.05, 4.69) is 4.90 Å². The number of likely N-dealkylation sites (N-methyl/N-ethyl adjacent to an activating group) is 1. The molecule has 2 unspecified atom stereocenters. The Hall–Kier alpha value is -0.610. The first-order valence-corrected chi connectivity index (χ1v) is 4.66. The minimum absolute atomic E-state index is 0.0878. The molecule has 0 radical (unpaired) electrons. The molecule has 0 spiro atoms. The van der Waals surface area contributed by atoms with Crippen molar-refractivity contribution in [2.45, 2.75) is 32.0 Å². The van der Waals surface area contributed by atoms with Crippen LogP contribution in [0.3, 0.4) is 0 Å². The van der Waals surface area contributed by atoms with Crippen molar-refractivity contribution in [1.82, 2.24) is 4.90 Å². The molecule has 4 heteroatoms. The second-order valence-corrected chi connectivity index (χ2v) is 3.64. The number of likely N-dealkylation sites (tertiary alicyclic amines) is 1. The van der Waals surface area contributed by atoms with Gasteiger partial charge < -0.3 is 14.7 Å². The van der Waals surface area contributed by atoms with Crippen molar-refractivity contribution in [3.63, 3.8) is 0 Å². The summed E-state index contributed by atoms with van der Waals surface area (Å²) in [7, 11) is 2.03. The fourth-order valence-corrected chi connectivity index (χ4v) is 1.58. The number of carbonyl (C=O) groups is 1. The lowest BCUT2D eigenvalue weighted by Gasteiger charge is -2.30. The van der Waals surface area contributed by atoms with Crippen molar-refractivity contribution in [2.24, 2.45) is 0 Å². The van der Waals surface area contributed by atoms with E-state index in [0.717, 1.165) is 25.9 Å². The molecule has 1 rings (SSSR count). The highest BCUT2D eigenvalue weighted by Crippen LogP contribution is 2.13. The molecule has 4 nitrogen and oxygen atoms in total. The largest absolute Gasteiger partial charge is 0.479 e. The van der Waals surface area contributed by atoms with Gasteiger partial charge in [-0.1, -0.05) is 0 Å². The number of ether oxygens (including phenoxy) is 1. The van der Waals surface area contributed by atoms with E-state index in [1.807, 2.05) is 7.05 Å². The normalized spacial score (nSPS) is 27.1. The van der Waals surface area contributed by atoms with E-state index in [4.69, 9.17) is 9.84 Å². The zero-order valence-electron chi connectivity index (χ0n) is 8.19. The summed E-state index contributed by atoms with van der Waals surface area (Å²) in [6, 6.07) is 0. The molecule has 0 aromatic carbocycles. The molecule has 1 aliphatic rings. The first-order chi connectivity index (χ1) is 6.09. The molecule has 0 aromatic rings. The van der Waals surface area contributed by atoms with E-state index in [1.165, 1.54) is 0 Å². The number of carboxylic acids is 1. The predicted octanol–water partition coefficient (Wildman–Crippen LogP) is 0.570. The van der Waals surface area contributed by atoms with E-state index in [0.29, 0.717) is 0 Å². The number of piperidine rings is 1. The van der Waals surface area contributed by atoms with Crippen LogP contribution >= 0.6 is 0 Å². The third-order valence-corrected chi connectivity index (χ3v) is 2.33. The quantitative estimate of drug-likeness (QED) is 0.701. The van der Waals surface area contributed by atoms with Gasteiger partial charge in [0.05, 0.1) is 6.10 Å². The van der Waals surface area contributed by atoms with Gasteiger partial charge in [0.2, 0.25) is 0 Å². The molecule has 1 saturated heterocycles. The number of nitrogens with zero attached hydrogens (tertiary/aromatic N) is 1. The lowest BCUT2D eigenvalue weighted by molar-refractivity contribution is -0.154. The van der Waals surface area contributed by atoms with Crippen molar-refractivity contribution in [1.29, 1.82) is 0 Å². The Kier molecular flexibility index (Phi) is 3.69. The van der Waals surface area contributed by atoms with Crippen LogP contribution in [0.25, 0.3) is 0 Å². The first-order valence-electron chi connectivity index (χ1n) is 4.66. The van der Waals surface area contributed by atoms with Gasteiger partial charge in [-0.05, 0) is 33.4 Å². The van der Waals surface area contributed by atoms with Crippen LogP contribution in [0.15, 0.2) is 0 Å². The average molecular weight is 187 g/mol. The van der Waals surface area contributed by atoms with Crippen molar-refractivity contribution < 1.29 is 14.6 Å². The number of aliphatic carboxylic acids is 1. The minimum atomic E-state index is -0.881. The van der Waals surface area contributed by atoms with Crippen LogP contribution in [0.4, 0.5) is 0 Å². The Balaban J connectivity index is 2.31. The zero-order chi connectivity index (χ0) is 9.84. The third kappa shape index (κ3) is 3.32.